The molecule has 12 heteroatoms. The van der Waals surface area contributed by atoms with Gasteiger partial charge in [-0.25, -0.2) is 9.97 Å². The third-order valence-corrected chi connectivity index (χ3v) is 9.27. The van der Waals surface area contributed by atoms with E-state index in [0.717, 1.165) is 35.7 Å². The van der Waals surface area contributed by atoms with Gasteiger partial charge in [-0.3, -0.25) is 14.4 Å². The summed E-state index contributed by atoms with van der Waals surface area (Å²) in [6, 6.07) is 30.8. The number of fused-ring (bicyclic) bond motifs is 1. The summed E-state index contributed by atoms with van der Waals surface area (Å²) in [5.41, 5.74) is 5.09. The number of hydrogen-bond acceptors (Lipinski definition) is 8. The topological polar surface area (TPSA) is 165 Å². The Morgan fingerprint density at radius 1 is 0.964 bits per heavy atom. The number of rotatable bonds is 12. The normalized spacial score (nSPS) is 13.8. The molecular weight excluding hydrogens is 709 g/mol. The zero-order valence-corrected chi connectivity index (χ0v) is 31.5. The fraction of sp³-hybridized carbons (Fsp3) is 0.250. The number of aromatic amines is 1. The summed E-state index contributed by atoms with van der Waals surface area (Å²) in [5.74, 6) is 0.902. The number of aromatic nitrogens is 3. The highest BCUT2D eigenvalue weighted by atomic mass is 16.4. The van der Waals surface area contributed by atoms with Crippen molar-refractivity contribution in [2.24, 2.45) is 0 Å². The Kier molecular flexibility index (Phi) is 14.3. The molecular formula is C44H46N6O6. The van der Waals surface area contributed by atoms with E-state index >= 15 is 0 Å². The molecule has 56 heavy (non-hydrogen) atoms. The summed E-state index contributed by atoms with van der Waals surface area (Å²) >= 11 is 0. The third kappa shape index (κ3) is 9.75. The lowest BCUT2D eigenvalue weighted by Gasteiger charge is -2.26. The molecule has 4 N–H and O–H groups in total. The Balaban J connectivity index is 0.00000145. The van der Waals surface area contributed by atoms with E-state index in [2.05, 4.69) is 35.1 Å². The highest BCUT2D eigenvalue weighted by Crippen LogP contribution is 2.30. The maximum absolute atomic E-state index is 13.4. The molecule has 0 aliphatic carbocycles. The van der Waals surface area contributed by atoms with Gasteiger partial charge in [0.05, 0.1) is 30.2 Å². The standard InChI is InChI=1S/C41H40N6O5.C2H2.CH4O/c1-2-20-46(37(48)22-27-11-5-3-6-12-27)26-36-44-32-19-18-29(24-33(32)45-36)35-25-42-40(52-35)30-15-9-16-31(23-30)43-39(50)34-17-10-21-47(34)41(51)38(49)28-13-7-4-8-14-28;2*1-2/h3-9,11-16,18-19,23-25,34,38,49H,2,10,17,20-22,26H2,1H3,(H,43,50)(H,44,45);1-2H;2H,1H3/t34-,38+;;/m0../s1. The average molecular weight is 755 g/mol. The number of oxazole rings is 1. The molecule has 7 rings (SSSR count). The van der Waals surface area contributed by atoms with Gasteiger partial charge in [-0.05, 0) is 66.8 Å². The number of nitrogens with zero attached hydrogens (tertiary/aromatic N) is 4. The second-order valence-corrected chi connectivity index (χ2v) is 13.0. The molecule has 1 aliphatic rings. The summed E-state index contributed by atoms with van der Waals surface area (Å²) in [6.45, 7) is 3.47. The predicted octanol–water partition coefficient (Wildman–Crippen LogP) is 6.39. The van der Waals surface area contributed by atoms with Gasteiger partial charge < -0.3 is 34.7 Å². The van der Waals surface area contributed by atoms with Crippen LogP contribution in [0.2, 0.25) is 0 Å². The predicted molar refractivity (Wildman–Crippen MR) is 216 cm³/mol. The Morgan fingerprint density at radius 3 is 2.43 bits per heavy atom. The minimum absolute atomic E-state index is 0.0568. The van der Waals surface area contributed by atoms with Gasteiger partial charge in [-0.15, -0.1) is 12.8 Å². The maximum Gasteiger partial charge on any atom is 0.256 e. The fourth-order valence-electron chi connectivity index (χ4n) is 6.65. The number of nitrogens with one attached hydrogen (secondary N) is 2. The molecule has 12 nitrogen and oxygen atoms in total. The number of benzene rings is 4. The maximum atomic E-state index is 13.4. The van der Waals surface area contributed by atoms with Crippen molar-refractivity contribution in [3.8, 4) is 35.6 Å². The lowest BCUT2D eigenvalue weighted by Crippen LogP contribution is -2.45. The van der Waals surface area contributed by atoms with Crippen molar-refractivity contribution < 1.29 is 29.0 Å². The first-order valence-corrected chi connectivity index (χ1v) is 18.4. The van der Waals surface area contributed by atoms with E-state index in [4.69, 9.17) is 14.5 Å². The average Bonchev–Trinajstić information content (AvgIpc) is 4.03. The summed E-state index contributed by atoms with van der Waals surface area (Å²) < 4.78 is 6.18. The molecule has 2 aromatic heterocycles. The molecule has 288 valence electrons. The van der Waals surface area contributed by atoms with Crippen LogP contribution < -0.4 is 5.32 Å². The molecule has 0 radical (unpaired) electrons. The molecule has 2 atom stereocenters. The number of terminal acetylenes is 1. The van der Waals surface area contributed by atoms with Gasteiger partial charge in [0.15, 0.2) is 11.9 Å². The summed E-state index contributed by atoms with van der Waals surface area (Å²) in [6.07, 6.45) is 10.7. The van der Waals surface area contributed by atoms with Crippen molar-refractivity contribution in [1.82, 2.24) is 24.8 Å². The van der Waals surface area contributed by atoms with Crippen LogP contribution in [0.4, 0.5) is 5.69 Å². The lowest BCUT2D eigenvalue weighted by molar-refractivity contribution is -0.144. The number of carbonyl (C=O) groups excluding carboxylic acids is 3. The van der Waals surface area contributed by atoms with Crippen LogP contribution in [-0.4, -0.2) is 78.9 Å². The number of amides is 3. The Hall–Kier alpha value is -6.55. The van der Waals surface area contributed by atoms with Crippen LogP contribution in [-0.2, 0) is 27.3 Å². The smallest absolute Gasteiger partial charge is 0.256 e. The van der Waals surface area contributed by atoms with Crippen LogP contribution in [0.15, 0.2) is 114 Å². The number of carbonyl (C=O) groups is 3. The molecule has 0 unspecified atom stereocenters. The minimum atomic E-state index is -1.33. The van der Waals surface area contributed by atoms with Crippen LogP contribution >= 0.6 is 0 Å². The van der Waals surface area contributed by atoms with Gasteiger partial charge in [0, 0.05) is 37.0 Å². The van der Waals surface area contributed by atoms with E-state index in [0.29, 0.717) is 73.2 Å². The van der Waals surface area contributed by atoms with E-state index < -0.39 is 18.1 Å². The Bertz CT molecular complexity index is 2230. The quantitative estimate of drug-likeness (QED) is 0.105. The van der Waals surface area contributed by atoms with Gasteiger partial charge in [-0.1, -0.05) is 73.7 Å². The Morgan fingerprint density at radius 2 is 1.70 bits per heavy atom. The van der Waals surface area contributed by atoms with Crippen molar-refractivity contribution >= 4 is 34.4 Å². The highest BCUT2D eigenvalue weighted by molar-refractivity contribution is 5.98. The van der Waals surface area contributed by atoms with Gasteiger partial charge in [0.25, 0.3) is 5.91 Å². The molecule has 1 saturated heterocycles. The SMILES string of the molecule is C#C.CCCN(Cc1nc2ccc(-c3cnc(-c4cccc(NC(=O)[C@@H]5CCCN5C(=O)[C@H](O)c5ccccc5)c4)o3)cc2[nH]1)C(=O)Cc1ccccc1.CO. The van der Waals surface area contributed by atoms with Crippen molar-refractivity contribution in [3.05, 3.63) is 126 Å². The first-order valence-electron chi connectivity index (χ1n) is 18.4. The first kappa shape index (κ1) is 40.6. The third-order valence-electron chi connectivity index (χ3n) is 9.27. The van der Waals surface area contributed by atoms with Crippen LogP contribution in [0.1, 0.15) is 49.2 Å². The van der Waals surface area contributed by atoms with E-state index in [1.165, 1.54) is 4.90 Å². The molecule has 6 aromatic rings. The number of aliphatic hydroxyl groups is 2. The fourth-order valence-corrected chi connectivity index (χ4v) is 6.65. The summed E-state index contributed by atoms with van der Waals surface area (Å²) in [5, 5.41) is 20.6. The zero-order valence-electron chi connectivity index (χ0n) is 31.5. The molecule has 0 spiro atoms. The van der Waals surface area contributed by atoms with Gasteiger partial charge in [0.1, 0.15) is 11.9 Å². The molecule has 3 heterocycles. The van der Waals surface area contributed by atoms with Crippen LogP contribution in [0.5, 0.6) is 0 Å². The minimum Gasteiger partial charge on any atom is -0.436 e. The summed E-state index contributed by atoms with van der Waals surface area (Å²) in [4.78, 5) is 55.6. The van der Waals surface area contributed by atoms with Crippen LogP contribution in [0.3, 0.4) is 0 Å². The monoisotopic (exact) mass is 754 g/mol. The second-order valence-electron chi connectivity index (χ2n) is 13.0. The number of H-pyrrole nitrogens is 1. The molecule has 0 saturated carbocycles. The number of hydrogen-bond donors (Lipinski definition) is 4. The first-order chi connectivity index (χ1) is 27.4. The van der Waals surface area contributed by atoms with E-state index in [-0.39, 0.29) is 11.8 Å². The Labute approximate surface area is 326 Å². The van der Waals surface area contributed by atoms with Gasteiger partial charge in [0.2, 0.25) is 17.7 Å². The number of imidazole rings is 1. The van der Waals surface area contributed by atoms with E-state index in [9.17, 15) is 19.5 Å². The van der Waals surface area contributed by atoms with Crippen LogP contribution in [0.25, 0.3) is 33.8 Å². The summed E-state index contributed by atoms with van der Waals surface area (Å²) in [7, 11) is 1.00. The number of likely N-dealkylation sites (tertiary alicyclic amines) is 1. The molecule has 1 aliphatic heterocycles. The molecule has 4 aromatic carbocycles. The highest BCUT2D eigenvalue weighted by Gasteiger charge is 2.37. The molecule has 0 bridgehead atoms. The number of anilines is 1. The lowest BCUT2D eigenvalue weighted by atomic mass is 10.1. The van der Waals surface area contributed by atoms with E-state index in [1.807, 2.05) is 65.6 Å². The van der Waals surface area contributed by atoms with Crippen molar-refractivity contribution in [2.75, 3.05) is 25.5 Å². The van der Waals surface area contributed by atoms with Gasteiger partial charge >= 0.3 is 0 Å². The zero-order chi connectivity index (χ0) is 40.0. The largest absolute Gasteiger partial charge is 0.436 e. The van der Waals surface area contributed by atoms with Crippen LogP contribution in [0, 0.1) is 12.8 Å². The number of aliphatic hydroxyl groups excluding tert-OH is 2. The van der Waals surface area contributed by atoms with Crippen molar-refractivity contribution in [1.29, 1.82) is 0 Å². The molecule has 3 amide bonds. The van der Waals surface area contributed by atoms with E-state index in [1.54, 1.807) is 48.7 Å². The second kappa shape index (κ2) is 19.7. The molecule has 1 fully saturated rings. The van der Waals surface area contributed by atoms with Crippen molar-refractivity contribution in [2.45, 2.75) is 51.3 Å². The van der Waals surface area contributed by atoms with Gasteiger partial charge in [-0.2, -0.15) is 0 Å². The van der Waals surface area contributed by atoms with Crippen molar-refractivity contribution in [3.63, 3.8) is 0 Å².